The summed E-state index contributed by atoms with van der Waals surface area (Å²) in [5, 5.41) is 12.6. The molecule has 3 aromatic rings. The van der Waals surface area contributed by atoms with Crippen LogP contribution in [0.25, 0.3) is 5.65 Å². The topological polar surface area (TPSA) is 90.0 Å². The molecule has 0 atom stereocenters. The van der Waals surface area contributed by atoms with E-state index in [2.05, 4.69) is 4.98 Å². The number of rotatable bonds is 5. The van der Waals surface area contributed by atoms with Crippen LogP contribution in [0.2, 0.25) is 10.0 Å². The maximum absolute atomic E-state index is 12.6. The Labute approximate surface area is 181 Å². The van der Waals surface area contributed by atoms with Crippen molar-refractivity contribution in [2.75, 3.05) is 18.0 Å². The average Bonchev–Trinajstić information content (AvgIpc) is 2.74. The Balaban J connectivity index is 1.48. The summed E-state index contributed by atoms with van der Waals surface area (Å²) in [4.78, 5) is 29.7. The Hall–Kier alpha value is -2.68. The molecule has 0 saturated carbocycles. The molecule has 0 bridgehead atoms. The van der Waals surface area contributed by atoms with Crippen LogP contribution in [-0.4, -0.2) is 33.5 Å². The second kappa shape index (κ2) is 8.59. The smallest absolute Gasteiger partial charge is 0.373 e. The molecule has 0 unspecified atom stereocenters. The van der Waals surface area contributed by atoms with Gasteiger partial charge in [0.1, 0.15) is 5.65 Å². The van der Waals surface area contributed by atoms with Crippen LogP contribution >= 0.6 is 23.2 Å². The van der Waals surface area contributed by atoms with Crippen molar-refractivity contribution in [1.29, 1.82) is 0 Å². The molecule has 1 aliphatic rings. The number of ether oxygens (including phenoxy) is 1. The van der Waals surface area contributed by atoms with E-state index in [1.54, 1.807) is 35.2 Å². The Morgan fingerprint density at radius 1 is 1.17 bits per heavy atom. The molecular weight excluding hydrogens is 431 g/mol. The van der Waals surface area contributed by atoms with Crippen LogP contribution in [0, 0.1) is 10.1 Å². The minimum Gasteiger partial charge on any atom is -0.373 e. The van der Waals surface area contributed by atoms with Gasteiger partial charge in [-0.1, -0.05) is 35.3 Å². The van der Waals surface area contributed by atoms with Gasteiger partial charge in [-0.15, -0.1) is 0 Å². The minimum absolute atomic E-state index is 0.00341. The van der Waals surface area contributed by atoms with Gasteiger partial charge in [-0.25, -0.2) is 4.98 Å². The van der Waals surface area contributed by atoms with Crippen molar-refractivity contribution in [2.24, 2.45) is 0 Å². The van der Waals surface area contributed by atoms with E-state index < -0.39 is 16.2 Å². The highest BCUT2D eigenvalue weighted by molar-refractivity contribution is 6.42. The lowest BCUT2D eigenvalue weighted by Gasteiger charge is -2.32. The zero-order chi connectivity index (χ0) is 21.3. The van der Waals surface area contributed by atoms with Gasteiger partial charge in [0.2, 0.25) is 5.82 Å². The molecule has 0 spiro atoms. The summed E-state index contributed by atoms with van der Waals surface area (Å²) in [6, 6.07) is 10.4. The third-order valence-electron chi connectivity index (χ3n) is 5.09. The van der Waals surface area contributed by atoms with Crippen LogP contribution in [0.3, 0.4) is 0 Å². The van der Waals surface area contributed by atoms with Crippen LogP contribution in [0.5, 0.6) is 0 Å². The highest BCUT2D eigenvalue weighted by Crippen LogP contribution is 2.28. The molecule has 2 aromatic heterocycles. The zero-order valence-electron chi connectivity index (χ0n) is 15.8. The van der Waals surface area contributed by atoms with Gasteiger partial charge in [0.15, 0.2) is 0 Å². The maximum Gasteiger partial charge on any atom is 0.376 e. The number of fused-ring (bicyclic) bond motifs is 1. The highest BCUT2D eigenvalue weighted by atomic mass is 35.5. The van der Waals surface area contributed by atoms with Crippen LogP contribution in [0.4, 0.5) is 11.5 Å². The molecule has 156 valence electrons. The number of anilines is 1. The SMILES string of the molecule is O=c1c([N+](=O)[O-])c(N2CCC(OCc3ccc(Cl)c(Cl)c3)CC2)nc2ccccn12. The molecule has 4 rings (SSSR count). The van der Waals surface area contributed by atoms with Crippen LogP contribution in [-0.2, 0) is 11.3 Å². The van der Waals surface area contributed by atoms with Crippen molar-refractivity contribution in [3.05, 3.63) is 78.7 Å². The minimum atomic E-state index is -0.682. The van der Waals surface area contributed by atoms with Crippen molar-refractivity contribution in [2.45, 2.75) is 25.6 Å². The molecule has 3 heterocycles. The van der Waals surface area contributed by atoms with Gasteiger partial charge < -0.3 is 9.64 Å². The van der Waals surface area contributed by atoms with Crippen LogP contribution in [0.1, 0.15) is 18.4 Å². The Bertz CT molecular complexity index is 1160. The van der Waals surface area contributed by atoms with E-state index in [9.17, 15) is 14.9 Å². The number of piperidine rings is 1. The third kappa shape index (κ3) is 4.12. The van der Waals surface area contributed by atoms with Crippen molar-refractivity contribution in [3.8, 4) is 0 Å². The van der Waals surface area contributed by atoms with Crippen LogP contribution < -0.4 is 10.5 Å². The molecule has 0 amide bonds. The van der Waals surface area contributed by atoms with Gasteiger partial charge in [-0.2, -0.15) is 0 Å². The summed E-state index contributed by atoms with van der Waals surface area (Å²) in [6.07, 6.45) is 2.80. The van der Waals surface area contributed by atoms with Crippen molar-refractivity contribution < 1.29 is 9.66 Å². The largest absolute Gasteiger partial charge is 0.376 e. The predicted octanol–water partition coefficient (Wildman–Crippen LogP) is 4.10. The summed E-state index contributed by atoms with van der Waals surface area (Å²) in [5.41, 5.74) is 0.111. The van der Waals surface area contributed by atoms with Crippen molar-refractivity contribution in [1.82, 2.24) is 9.38 Å². The zero-order valence-corrected chi connectivity index (χ0v) is 17.3. The van der Waals surface area contributed by atoms with E-state index in [1.165, 1.54) is 10.6 Å². The number of hydrogen-bond acceptors (Lipinski definition) is 6. The highest BCUT2D eigenvalue weighted by Gasteiger charge is 2.30. The van der Waals surface area contributed by atoms with E-state index in [4.69, 9.17) is 27.9 Å². The normalized spacial score (nSPS) is 14.9. The molecule has 0 N–H and O–H groups in total. The number of pyridine rings is 1. The Morgan fingerprint density at radius 3 is 2.63 bits per heavy atom. The van der Waals surface area contributed by atoms with E-state index in [-0.39, 0.29) is 11.9 Å². The number of hydrogen-bond donors (Lipinski definition) is 0. The first-order valence-corrected chi connectivity index (χ1v) is 10.2. The van der Waals surface area contributed by atoms with Crippen LogP contribution in [0.15, 0.2) is 47.4 Å². The van der Waals surface area contributed by atoms with Gasteiger partial charge in [-0.3, -0.25) is 19.3 Å². The lowest BCUT2D eigenvalue weighted by Crippen LogP contribution is -2.39. The Morgan fingerprint density at radius 2 is 1.93 bits per heavy atom. The molecule has 8 nitrogen and oxygen atoms in total. The number of nitrogens with zero attached hydrogens (tertiary/aromatic N) is 4. The third-order valence-corrected chi connectivity index (χ3v) is 5.82. The van der Waals surface area contributed by atoms with Gasteiger partial charge in [0, 0.05) is 19.3 Å². The summed E-state index contributed by atoms with van der Waals surface area (Å²) in [5.74, 6) is 0.110. The summed E-state index contributed by atoms with van der Waals surface area (Å²) < 4.78 is 7.16. The first kappa shape index (κ1) is 20.6. The number of nitro groups is 1. The van der Waals surface area contributed by atoms with E-state index in [1.807, 2.05) is 6.07 Å². The van der Waals surface area contributed by atoms with E-state index in [0.29, 0.717) is 48.2 Å². The first-order chi connectivity index (χ1) is 14.4. The molecule has 1 aliphatic heterocycles. The molecule has 1 saturated heterocycles. The molecular formula is C20H18Cl2N4O4. The molecule has 1 aromatic carbocycles. The summed E-state index contributed by atoms with van der Waals surface area (Å²) in [6.45, 7) is 1.40. The maximum atomic E-state index is 12.6. The van der Waals surface area contributed by atoms with Gasteiger partial charge in [0.05, 0.1) is 27.7 Å². The standard InChI is InChI=1S/C20H18Cl2N4O4/c21-15-5-4-13(11-16(15)22)12-30-14-6-9-24(10-7-14)19-18(26(28)29)20(27)25-8-2-1-3-17(25)23-19/h1-5,8,11,14H,6-7,9-10,12H2. The second-order valence-corrected chi connectivity index (χ2v) is 7.84. The van der Waals surface area contributed by atoms with Gasteiger partial charge >= 0.3 is 11.2 Å². The van der Waals surface area contributed by atoms with Crippen molar-refractivity contribution in [3.63, 3.8) is 0 Å². The fraction of sp³-hybridized carbons (Fsp3) is 0.300. The first-order valence-electron chi connectivity index (χ1n) is 9.40. The number of benzene rings is 1. The monoisotopic (exact) mass is 448 g/mol. The summed E-state index contributed by atoms with van der Waals surface area (Å²) >= 11 is 12.0. The van der Waals surface area contributed by atoms with E-state index >= 15 is 0 Å². The average molecular weight is 449 g/mol. The molecule has 0 radical (unpaired) electrons. The predicted molar refractivity (Wildman–Crippen MR) is 115 cm³/mol. The molecule has 0 aliphatic carbocycles. The fourth-order valence-electron chi connectivity index (χ4n) is 3.53. The molecule has 30 heavy (non-hydrogen) atoms. The summed E-state index contributed by atoms with van der Waals surface area (Å²) in [7, 11) is 0. The van der Waals surface area contributed by atoms with E-state index in [0.717, 1.165) is 5.56 Å². The quantitative estimate of drug-likeness (QED) is 0.431. The lowest BCUT2D eigenvalue weighted by atomic mass is 10.1. The van der Waals surface area contributed by atoms with Crippen molar-refractivity contribution >= 4 is 40.4 Å². The lowest BCUT2D eigenvalue weighted by molar-refractivity contribution is -0.385. The number of halogens is 2. The second-order valence-electron chi connectivity index (χ2n) is 7.02. The van der Waals surface area contributed by atoms with Gasteiger partial charge in [0.25, 0.3) is 0 Å². The number of aromatic nitrogens is 2. The Kier molecular flexibility index (Phi) is 5.90. The fourth-order valence-corrected chi connectivity index (χ4v) is 3.85. The molecule has 1 fully saturated rings. The molecule has 10 heteroatoms. The van der Waals surface area contributed by atoms with Gasteiger partial charge in [-0.05, 0) is 42.7 Å².